The predicted molar refractivity (Wildman–Crippen MR) is 110 cm³/mol. The summed E-state index contributed by atoms with van der Waals surface area (Å²) in [5.41, 5.74) is 1.26. The SMILES string of the molecule is CCOc1ccnc(OCCn2nc3ccc(-c4ccc(OC(F)(F)F)cc4)cn3c2=O)n1. The topological polar surface area (TPSA) is 92.8 Å². The molecule has 33 heavy (non-hydrogen) atoms. The van der Waals surface area contributed by atoms with Crippen LogP contribution in [0.15, 0.2) is 59.7 Å². The number of aromatic nitrogens is 5. The van der Waals surface area contributed by atoms with Crippen molar-refractivity contribution in [1.82, 2.24) is 24.1 Å². The molecule has 0 amide bonds. The molecule has 0 aliphatic heterocycles. The molecule has 0 aliphatic rings. The zero-order valence-corrected chi connectivity index (χ0v) is 17.3. The number of fused-ring (bicyclic) bond motifs is 1. The molecule has 12 heteroatoms. The van der Waals surface area contributed by atoms with E-state index in [0.717, 1.165) is 0 Å². The Morgan fingerprint density at radius 2 is 1.76 bits per heavy atom. The molecule has 4 rings (SSSR count). The summed E-state index contributed by atoms with van der Waals surface area (Å²) in [6.45, 7) is 2.55. The number of hydrogen-bond acceptors (Lipinski definition) is 7. The molecular weight excluding hydrogens is 443 g/mol. The van der Waals surface area contributed by atoms with Crippen molar-refractivity contribution < 1.29 is 27.4 Å². The van der Waals surface area contributed by atoms with Crippen molar-refractivity contribution in [2.45, 2.75) is 19.8 Å². The van der Waals surface area contributed by atoms with E-state index in [0.29, 0.717) is 29.3 Å². The summed E-state index contributed by atoms with van der Waals surface area (Å²) >= 11 is 0. The lowest BCUT2D eigenvalue weighted by Crippen LogP contribution is -2.24. The average molecular weight is 461 g/mol. The fourth-order valence-electron chi connectivity index (χ4n) is 3.03. The van der Waals surface area contributed by atoms with E-state index in [1.165, 1.54) is 39.5 Å². The van der Waals surface area contributed by atoms with Gasteiger partial charge >= 0.3 is 18.1 Å². The van der Waals surface area contributed by atoms with E-state index in [1.54, 1.807) is 24.4 Å². The van der Waals surface area contributed by atoms with Crippen LogP contribution in [0.2, 0.25) is 0 Å². The summed E-state index contributed by atoms with van der Waals surface area (Å²) in [7, 11) is 0. The molecule has 0 radical (unpaired) electrons. The third-order valence-corrected chi connectivity index (χ3v) is 4.43. The summed E-state index contributed by atoms with van der Waals surface area (Å²) < 4.78 is 54.2. The van der Waals surface area contributed by atoms with Gasteiger partial charge in [0.15, 0.2) is 5.65 Å². The number of nitrogens with zero attached hydrogens (tertiary/aromatic N) is 5. The van der Waals surface area contributed by atoms with Crippen molar-refractivity contribution >= 4 is 5.65 Å². The van der Waals surface area contributed by atoms with Crippen LogP contribution in [0.4, 0.5) is 13.2 Å². The van der Waals surface area contributed by atoms with Crippen molar-refractivity contribution in [3.8, 4) is 28.8 Å². The van der Waals surface area contributed by atoms with Crippen LogP contribution in [0.3, 0.4) is 0 Å². The highest BCUT2D eigenvalue weighted by Crippen LogP contribution is 2.26. The van der Waals surface area contributed by atoms with Crippen LogP contribution >= 0.6 is 0 Å². The van der Waals surface area contributed by atoms with Crippen molar-refractivity contribution in [3.63, 3.8) is 0 Å². The number of ether oxygens (including phenoxy) is 3. The second-order valence-corrected chi connectivity index (χ2v) is 6.68. The minimum Gasteiger partial charge on any atom is -0.478 e. The van der Waals surface area contributed by atoms with Gasteiger partial charge in [0.2, 0.25) is 5.88 Å². The molecule has 0 N–H and O–H groups in total. The molecule has 0 spiro atoms. The molecule has 0 bridgehead atoms. The van der Waals surface area contributed by atoms with Gasteiger partial charge in [0.1, 0.15) is 12.4 Å². The molecule has 172 valence electrons. The van der Waals surface area contributed by atoms with E-state index < -0.39 is 12.1 Å². The Morgan fingerprint density at radius 1 is 1.00 bits per heavy atom. The summed E-state index contributed by atoms with van der Waals surface area (Å²) in [5, 5.41) is 4.26. The molecular formula is C21H18F3N5O4. The van der Waals surface area contributed by atoms with E-state index in [-0.39, 0.29) is 24.9 Å². The van der Waals surface area contributed by atoms with Gasteiger partial charge in [0, 0.05) is 18.5 Å². The molecule has 0 fully saturated rings. The van der Waals surface area contributed by atoms with Crippen LogP contribution in [0.1, 0.15) is 6.92 Å². The molecule has 4 aromatic rings. The monoisotopic (exact) mass is 461 g/mol. The Morgan fingerprint density at radius 3 is 2.48 bits per heavy atom. The molecule has 0 saturated heterocycles. The van der Waals surface area contributed by atoms with Gasteiger partial charge in [-0.2, -0.15) is 4.98 Å². The van der Waals surface area contributed by atoms with Gasteiger partial charge in [-0.1, -0.05) is 12.1 Å². The predicted octanol–water partition coefficient (Wildman–Crippen LogP) is 3.33. The zero-order valence-electron chi connectivity index (χ0n) is 17.3. The van der Waals surface area contributed by atoms with Gasteiger partial charge < -0.3 is 14.2 Å². The maximum atomic E-state index is 12.7. The lowest BCUT2D eigenvalue weighted by molar-refractivity contribution is -0.274. The molecule has 0 unspecified atom stereocenters. The lowest BCUT2D eigenvalue weighted by Gasteiger charge is -2.09. The van der Waals surface area contributed by atoms with Crippen LogP contribution < -0.4 is 19.9 Å². The largest absolute Gasteiger partial charge is 0.573 e. The van der Waals surface area contributed by atoms with Gasteiger partial charge in [-0.3, -0.25) is 0 Å². The highest BCUT2D eigenvalue weighted by molar-refractivity contribution is 5.65. The standard InChI is InChI=1S/C21H18F3N5O4/c1-2-31-18-9-10-25-19(26-18)32-12-11-29-20(30)28-13-15(5-8-17(28)27-29)14-3-6-16(7-4-14)33-21(22,23)24/h3-10,13H,2,11-12H2,1H3. The number of hydrogen-bond donors (Lipinski definition) is 0. The molecule has 9 nitrogen and oxygen atoms in total. The van der Waals surface area contributed by atoms with E-state index in [1.807, 2.05) is 6.92 Å². The molecule has 3 aromatic heterocycles. The highest BCUT2D eigenvalue weighted by atomic mass is 19.4. The van der Waals surface area contributed by atoms with E-state index in [4.69, 9.17) is 9.47 Å². The van der Waals surface area contributed by atoms with Crippen molar-refractivity contribution in [2.24, 2.45) is 0 Å². The minimum absolute atomic E-state index is 0.104. The Kier molecular flexibility index (Phi) is 6.16. The van der Waals surface area contributed by atoms with Crippen LogP contribution in [0, 0.1) is 0 Å². The molecule has 1 aromatic carbocycles. The first-order valence-corrected chi connectivity index (χ1v) is 9.86. The second-order valence-electron chi connectivity index (χ2n) is 6.68. The third kappa shape index (κ3) is 5.40. The average Bonchev–Trinajstić information content (AvgIpc) is 3.09. The Bertz CT molecular complexity index is 1300. The first kappa shape index (κ1) is 22.1. The number of rotatable bonds is 8. The molecule has 0 saturated carbocycles. The van der Waals surface area contributed by atoms with Crippen molar-refractivity contribution in [3.05, 3.63) is 65.3 Å². The Labute approximate surface area is 185 Å². The molecule has 0 aliphatic carbocycles. The first-order valence-electron chi connectivity index (χ1n) is 9.86. The number of halogens is 3. The summed E-state index contributed by atoms with van der Waals surface area (Å²) in [4.78, 5) is 20.8. The fourth-order valence-corrected chi connectivity index (χ4v) is 3.03. The maximum Gasteiger partial charge on any atom is 0.573 e. The molecule has 3 heterocycles. The smallest absolute Gasteiger partial charge is 0.478 e. The Hall–Kier alpha value is -4.09. The van der Waals surface area contributed by atoms with Gasteiger partial charge in [0.05, 0.1) is 13.2 Å². The number of pyridine rings is 1. The summed E-state index contributed by atoms with van der Waals surface area (Å²) in [5.74, 6) is 0.0611. The first-order chi connectivity index (χ1) is 15.8. The fraction of sp³-hybridized carbons (Fsp3) is 0.238. The van der Waals surface area contributed by atoms with Crippen molar-refractivity contribution in [2.75, 3.05) is 13.2 Å². The zero-order chi connectivity index (χ0) is 23.4. The second kappa shape index (κ2) is 9.18. The normalized spacial score (nSPS) is 11.5. The van der Waals surface area contributed by atoms with Crippen molar-refractivity contribution in [1.29, 1.82) is 0 Å². The molecule has 0 atom stereocenters. The Balaban J connectivity index is 1.47. The third-order valence-electron chi connectivity index (χ3n) is 4.43. The van der Waals surface area contributed by atoms with Crippen LogP contribution in [-0.4, -0.2) is 43.7 Å². The van der Waals surface area contributed by atoms with Gasteiger partial charge in [-0.15, -0.1) is 18.3 Å². The number of alkyl halides is 3. The lowest BCUT2D eigenvalue weighted by atomic mass is 10.1. The summed E-state index contributed by atoms with van der Waals surface area (Å²) in [6.07, 6.45) is -1.69. The van der Waals surface area contributed by atoms with Crippen LogP contribution in [0.5, 0.6) is 17.6 Å². The summed E-state index contributed by atoms with van der Waals surface area (Å²) in [6, 6.07) is 10.5. The minimum atomic E-state index is -4.76. The van der Waals surface area contributed by atoms with E-state index in [2.05, 4.69) is 19.8 Å². The van der Waals surface area contributed by atoms with Gasteiger partial charge in [0.25, 0.3) is 0 Å². The number of benzene rings is 1. The van der Waals surface area contributed by atoms with Gasteiger partial charge in [-0.05, 0) is 42.3 Å². The quantitative estimate of drug-likeness (QED) is 0.397. The highest BCUT2D eigenvalue weighted by Gasteiger charge is 2.30. The van der Waals surface area contributed by atoms with Crippen LogP contribution in [0.25, 0.3) is 16.8 Å². The van der Waals surface area contributed by atoms with E-state index >= 15 is 0 Å². The van der Waals surface area contributed by atoms with Crippen LogP contribution in [-0.2, 0) is 6.54 Å². The van der Waals surface area contributed by atoms with E-state index in [9.17, 15) is 18.0 Å². The maximum absolute atomic E-state index is 12.7. The van der Waals surface area contributed by atoms with Gasteiger partial charge in [-0.25, -0.2) is 18.9 Å².